The van der Waals surface area contributed by atoms with Gasteiger partial charge < -0.3 is 9.31 Å². The molecule has 0 amide bonds. The van der Waals surface area contributed by atoms with Crippen molar-refractivity contribution < 1.29 is 18.9 Å². The monoisotopic (exact) mass is 194 g/mol. The maximum absolute atomic E-state index is 11.1. The summed E-state index contributed by atoms with van der Waals surface area (Å²) in [5.41, 5.74) is 0.513. The van der Waals surface area contributed by atoms with Crippen LogP contribution in [0.5, 0.6) is 0 Å². The minimum absolute atomic E-state index is 0.0726. The average Bonchev–Trinajstić information content (AvgIpc) is 2.00. The summed E-state index contributed by atoms with van der Waals surface area (Å²) in [4.78, 5) is 22.3. The van der Waals surface area contributed by atoms with Gasteiger partial charge in [0.05, 0.1) is 12.8 Å². The Morgan fingerprint density at radius 3 is 2.21 bits per heavy atom. The second-order valence-electron chi connectivity index (χ2n) is 2.98. The fraction of sp³-hybridized carbons (Fsp3) is 0.333. The van der Waals surface area contributed by atoms with Crippen molar-refractivity contribution in [2.24, 2.45) is 0 Å². The zero-order valence-electron chi connectivity index (χ0n) is 7.99. The Morgan fingerprint density at radius 2 is 1.79 bits per heavy atom. The third kappa shape index (κ3) is 3.09. The Balaban J connectivity index is 2.69. The number of rotatable bonds is 1. The number of hydrogen-bond acceptors (Lipinski definition) is 4. The molecule has 14 heavy (non-hydrogen) atoms. The van der Waals surface area contributed by atoms with E-state index in [1.807, 2.05) is 0 Å². The molecule has 5 heteroatoms. The summed E-state index contributed by atoms with van der Waals surface area (Å²) in [5.74, 6) is 0.653. The number of carbonyl (C=O) groups is 2. The summed E-state index contributed by atoms with van der Waals surface area (Å²) in [6.07, 6.45) is 1.80. The van der Waals surface area contributed by atoms with Gasteiger partial charge in [-0.3, -0.25) is 9.59 Å². The molecule has 0 radical (unpaired) electrons. The van der Waals surface area contributed by atoms with Crippen molar-refractivity contribution in [2.75, 3.05) is 0 Å². The zero-order valence-corrected chi connectivity index (χ0v) is 7.99. The van der Waals surface area contributed by atoms with E-state index in [-0.39, 0.29) is 12.8 Å². The first-order valence-electron chi connectivity index (χ1n) is 4.30. The molecule has 0 N–H and O–H groups in total. The topological polar surface area (TPSA) is 52.6 Å². The number of hydrogen-bond donors (Lipinski definition) is 0. The van der Waals surface area contributed by atoms with E-state index in [0.29, 0.717) is 5.57 Å². The molecule has 0 aromatic rings. The summed E-state index contributed by atoms with van der Waals surface area (Å²) in [7, 11) is -0.895. The molecule has 4 nitrogen and oxygen atoms in total. The van der Waals surface area contributed by atoms with Crippen molar-refractivity contribution in [1.29, 1.82) is 0 Å². The minimum Gasteiger partial charge on any atom is -0.495 e. The van der Waals surface area contributed by atoms with Gasteiger partial charge >= 0.3 is 7.12 Å². The van der Waals surface area contributed by atoms with Crippen molar-refractivity contribution in [2.45, 2.75) is 19.8 Å². The van der Waals surface area contributed by atoms with Crippen LogP contribution in [0.15, 0.2) is 24.2 Å². The summed E-state index contributed by atoms with van der Waals surface area (Å²) in [5, 5.41) is 0. The van der Waals surface area contributed by atoms with Crippen LogP contribution in [0.25, 0.3) is 0 Å². The van der Waals surface area contributed by atoms with Gasteiger partial charge in [-0.2, -0.15) is 0 Å². The van der Waals surface area contributed by atoms with Gasteiger partial charge in [0.1, 0.15) is 0 Å². The quantitative estimate of drug-likeness (QED) is 0.462. The smallest absolute Gasteiger partial charge is 0.495 e. The summed E-state index contributed by atoms with van der Waals surface area (Å²) in [6, 6.07) is 0. The third-order valence-electron chi connectivity index (χ3n) is 1.63. The van der Waals surface area contributed by atoms with Crippen LogP contribution in [0, 0.1) is 0 Å². The van der Waals surface area contributed by atoms with Crippen molar-refractivity contribution in [1.82, 2.24) is 0 Å². The average molecular weight is 194 g/mol. The number of carbonyl (C=O) groups excluding carboxylic acids is 2. The fourth-order valence-electron chi connectivity index (χ4n) is 1.07. The van der Waals surface area contributed by atoms with Gasteiger partial charge in [0.15, 0.2) is 0 Å². The van der Waals surface area contributed by atoms with Crippen LogP contribution in [-0.2, 0) is 18.9 Å². The van der Waals surface area contributed by atoms with Crippen LogP contribution in [0.1, 0.15) is 19.8 Å². The molecule has 0 unspecified atom stereocenters. The molecule has 1 aliphatic heterocycles. The Hall–Kier alpha value is -1.52. The maximum Gasteiger partial charge on any atom is 0.628 e. The SMILES string of the molecule is C=C1CC(=O)OB(/C=C/C)OC(=O)C1. The highest BCUT2D eigenvalue weighted by molar-refractivity contribution is 6.54. The van der Waals surface area contributed by atoms with Crippen LogP contribution in [0.2, 0.25) is 0 Å². The lowest BCUT2D eigenvalue weighted by Gasteiger charge is -2.15. The lowest BCUT2D eigenvalue weighted by Crippen LogP contribution is -2.30. The van der Waals surface area contributed by atoms with Crippen LogP contribution in [0.4, 0.5) is 0 Å². The predicted molar refractivity (Wildman–Crippen MR) is 51.1 cm³/mol. The van der Waals surface area contributed by atoms with Crippen molar-refractivity contribution in [3.05, 3.63) is 24.2 Å². The highest BCUT2D eigenvalue weighted by Crippen LogP contribution is 2.12. The molecule has 1 aliphatic rings. The molecule has 1 fully saturated rings. The van der Waals surface area contributed by atoms with Crippen LogP contribution < -0.4 is 0 Å². The van der Waals surface area contributed by atoms with E-state index >= 15 is 0 Å². The van der Waals surface area contributed by atoms with Crippen molar-refractivity contribution >= 4 is 19.1 Å². The van der Waals surface area contributed by atoms with E-state index in [9.17, 15) is 9.59 Å². The lowest BCUT2D eigenvalue weighted by atomic mass is 9.88. The molecular weight excluding hydrogens is 183 g/mol. The Labute approximate surface area is 82.7 Å². The van der Waals surface area contributed by atoms with E-state index in [0.717, 1.165) is 0 Å². The summed E-state index contributed by atoms with van der Waals surface area (Å²) >= 11 is 0. The zero-order chi connectivity index (χ0) is 10.6. The summed E-state index contributed by atoms with van der Waals surface area (Å²) < 4.78 is 9.69. The third-order valence-corrected chi connectivity index (χ3v) is 1.63. The first kappa shape index (κ1) is 10.6. The maximum atomic E-state index is 11.1. The van der Waals surface area contributed by atoms with Crippen LogP contribution in [-0.4, -0.2) is 19.1 Å². The van der Waals surface area contributed by atoms with Crippen molar-refractivity contribution in [3.63, 3.8) is 0 Å². The van der Waals surface area contributed by atoms with E-state index in [2.05, 4.69) is 6.58 Å². The molecule has 0 aromatic heterocycles. The van der Waals surface area contributed by atoms with Gasteiger partial charge in [-0.1, -0.05) is 18.2 Å². The summed E-state index contributed by atoms with van der Waals surface area (Å²) in [6.45, 7) is 5.32. The molecule has 0 aromatic carbocycles. The normalized spacial score (nSPS) is 18.9. The molecule has 1 heterocycles. The molecule has 74 valence electrons. The van der Waals surface area contributed by atoms with Crippen LogP contribution in [0.3, 0.4) is 0 Å². The van der Waals surface area contributed by atoms with E-state index in [1.165, 1.54) is 5.98 Å². The lowest BCUT2D eigenvalue weighted by molar-refractivity contribution is -0.140. The van der Waals surface area contributed by atoms with Gasteiger partial charge in [0.25, 0.3) is 11.9 Å². The first-order valence-corrected chi connectivity index (χ1v) is 4.30. The molecule has 0 atom stereocenters. The second kappa shape index (κ2) is 4.65. The van der Waals surface area contributed by atoms with E-state index in [4.69, 9.17) is 9.31 Å². The molecule has 0 saturated carbocycles. The number of allylic oxidation sites excluding steroid dienone is 1. The molecule has 1 rings (SSSR count). The van der Waals surface area contributed by atoms with Gasteiger partial charge in [0.2, 0.25) is 0 Å². The highest BCUT2D eigenvalue weighted by Gasteiger charge is 2.28. The fourth-order valence-corrected chi connectivity index (χ4v) is 1.07. The Morgan fingerprint density at radius 1 is 1.29 bits per heavy atom. The second-order valence-corrected chi connectivity index (χ2v) is 2.98. The molecule has 0 spiro atoms. The predicted octanol–water partition coefficient (Wildman–Crippen LogP) is 1.03. The first-order chi connectivity index (χ1) is 6.61. The van der Waals surface area contributed by atoms with Crippen molar-refractivity contribution in [3.8, 4) is 0 Å². The van der Waals surface area contributed by atoms with E-state index < -0.39 is 19.1 Å². The van der Waals surface area contributed by atoms with Gasteiger partial charge in [0, 0.05) is 0 Å². The molecule has 1 saturated heterocycles. The van der Waals surface area contributed by atoms with Gasteiger partial charge in [-0.15, -0.1) is 0 Å². The minimum atomic E-state index is -0.895. The Bertz CT molecular complexity index is 273. The van der Waals surface area contributed by atoms with E-state index in [1.54, 1.807) is 13.0 Å². The van der Waals surface area contributed by atoms with Crippen LogP contribution >= 0.6 is 0 Å². The molecule has 0 bridgehead atoms. The molecular formula is C9H11BO4. The standard InChI is InChI=1S/C9H11BO4/c1-3-4-10-13-8(11)5-7(2)6-9(12)14-10/h3-4H,2,5-6H2,1H3/b4-3+. The van der Waals surface area contributed by atoms with Gasteiger partial charge in [-0.05, 0) is 12.9 Å². The molecule has 0 aliphatic carbocycles. The highest BCUT2D eigenvalue weighted by atomic mass is 16.6. The Kier molecular flexibility index (Phi) is 3.51. The largest absolute Gasteiger partial charge is 0.628 e. The van der Waals surface area contributed by atoms with Gasteiger partial charge in [-0.25, -0.2) is 0 Å².